The summed E-state index contributed by atoms with van der Waals surface area (Å²) in [6, 6.07) is 24.2. The minimum atomic E-state index is -1.18. The van der Waals surface area contributed by atoms with Crippen molar-refractivity contribution in [1.82, 2.24) is 0 Å². The number of carbonyl (C=O) groups excluding carboxylic acids is 4. The van der Waals surface area contributed by atoms with Crippen molar-refractivity contribution in [1.29, 1.82) is 0 Å². The summed E-state index contributed by atoms with van der Waals surface area (Å²) < 4.78 is 28.4. The third-order valence-corrected chi connectivity index (χ3v) is 7.71. The summed E-state index contributed by atoms with van der Waals surface area (Å²) in [5.41, 5.74) is 0.873. The first-order valence-electron chi connectivity index (χ1n) is 13.1. The lowest BCUT2D eigenvalue weighted by Gasteiger charge is -2.24. The minimum Gasteiger partial charge on any atom is -0.467 e. The van der Waals surface area contributed by atoms with Gasteiger partial charge in [-0.25, -0.2) is 19.2 Å². The predicted octanol–water partition coefficient (Wildman–Crippen LogP) is 3.75. The highest BCUT2D eigenvalue weighted by Gasteiger charge is 2.53. The Hall–Kier alpha value is -4.48. The molecule has 0 bridgehead atoms. The van der Waals surface area contributed by atoms with Crippen molar-refractivity contribution in [3.05, 3.63) is 108 Å². The zero-order chi connectivity index (χ0) is 29.5. The summed E-state index contributed by atoms with van der Waals surface area (Å²) in [4.78, 5) is 55.8. The van der Waals surface area contributed by atoms with Gasteiger partial charge in [-0.1, -0.05) is 54.6 Å². The second kappa shape index (κ2) is 13.5. The molecule has 216 valence electrons. The normalized spacial score (nSPS) is 23.0. The molecule has 11 heteroatoms. The molecular formula is C31H27NO9S. The molecule has 0 saturated carbocycles. The van der Waals surface area contributed by atoms with Crippen LogP contribution in [0.1, 0.15) is 31.1 Å². The van der Waals surface area contributed by atoms with Crippen molar-refractivity contribution in [2.45, 2.75) is 30.5 Å². The van der Waals surface area contributed by atoms with Gasteiger partial charge in [-0.05, 0) is 36.4 Å². The first-order chi connectivity index (χ1) is 20.4. The second-order valence-electron chi connectivity index (χ2n) is 9.35. The molecule has 0 radical (unpaired) electrons. The molecule has 2 aliphatic rings. The van der Waals surface area contributed by atoms with Crippen molar-refractivity contribution in [2.24, 2.45) is 4.99 Å². The molecule has 5 rings (SSSR count). The van der Waals surface area contributed by atoms with Gasteiger partial charge >= 0.3 is 23.9 Å². The number of rotatable bonds is 9. The van der Waals surface area contributed by atoms with Gasteiger partial charge < -0.3 is 23.7 Å². The topological polar surface area (TPSA) is 127 Å². The van der Waals surface area contributed by atoms with Gasteiger partial charge in [0.1, 0.15) is 23.9 Å². The molecule has 10 nitrogen and oxygen atoms in total. The molecular weight excluding hydrogens is 562 g/mol. The Bertz CT molecular complexity index is 1450. The van der Waals surface area contributed by atoms with Crippen LogP contribution in [0, 0.1) is 0 Å². The first kappa shape index (κ1) is 29.0. The summed E-state index contributed by atoms with van der Waals surface area (Å²) in [7, 11) is 1.27. The highest BCUT2D eigenvalue weighted by molar-refractivity contribution is 8.14. The van der Waals surface area contributed by atoms with Crippen molar-refractivity contribution in [3.8, 4) is 0 Å². The minimum absolute atomic E-state index is 0.271. The Morgan fingerprint density at radius 3 is 1.79 bits per heavy atom. The molecule has 3 aromatic carbocycles. The molecule has 1 unspecified atom stereocenters. The monoisotopic (exact) mass is 589 g/mol. The molecule has 42 heavy (non-hydrogen) atoms. The van der Waals surface area contributed by atoms with Crippen LogP contribution >= 0.6 is 11.8 Å². The lowest BCUT2D eigenvalue weighted by Crippen LogP contribution is -2.43. The average Bonchev–Trinajstić information content (AvgIpc) is 3.66. The van der Waals surface area contributed by atoms with Crippen molar-refractivity contribution in [2.75, 3.05) is 19.5 Å². The van der Waals surface area contributed by atoms with Gasteiger partial charge in [-0.3, -0.25) is 4.99 Å². The Balaban J connectivity index is 1.46. The molecule has 0 N–H and O–H groups in total. The van der Waals surface area contributed by atoms with Gasteiger partial charge in [-0.2, -0.15) is 0 Å². The van der Waals surface area contributed by atoms with Crippen LogP contribution < -0.4 is 0 Å². The van der Waals surface area contributed by atoms with E-state index in [9.17, 15) is 19.2 Å². The molecule has 0 amide bonds. The van der Waals surface area contributed by atoms with Gasteiger partial charge in [0.2, 0.25) is 0 Å². The van der Waals surface area contributed by atoms with Crippen LogP contribution in [0.25, 0.3) is 0 Å². The van der Waals surface area contributed by atoms with Gasteiger partial charge in [0.25, 0.3) is 0 Å². The highest BCUT2D eigenvalue weighted by Crippen LogP contribution is 2.35. The van der Waals surface area contributed by atoms with Crippen LogP contribution in [0.2, 0.25) is 0 Å². The third-order valence-electron chi connectivity index (χ3n) is 6.59. The molecule has 2 aliphatic heterocycles. The maximum atomic E-state index is 13.2. The van der Waals surface area contributed by atoms with Gasteiger partial charge in [0, 0.05) is 5.75 Å². The van der Waals surface area contributed by atoms with Crippen LogP contribution in [0.4, 0.5) is 0 Å². The smallest absolute Gasteiger partial charge is 0.338 e. The van der Waals surface area contributed by atoms with E-state index in [0.717, 1.165) is 0 Å². The largest absolute Gasteiger partial charge is 0.467 e. The number of esters is 4. The number of hydrogen-bond donors (Lipinski definition) is 0. The quantitative estimate of drug-likeness (QED) is 0.269. The third kappa shape index (κ3) is 6.69. The molecule has 1 fully saturated rings. The van der Waals surface area contributed by atoms with Gasteiger partial charge in [0.15, 0.2) is 18.2 Å². The molecule has 0 aromatic heterocycles. The number of methoxy groups -OCH3 is 1. The van der Waals surface area contributed by atoms with Crippen molar-refractivity contribution >= 4 is 40.7 Å². The fourth-order valence-electron chi connectivity index (χ4n) is 4.48. The number of benzene rings is 3. The van der Waals surface area contributed by atoms with Gasteiger partial charge in [-0.15, -0.1) is 11.8 Å². The summed E-state index contributed by atoms with van der Waals surface area (Å²) >= 11 is 1.24. The maximum Gasteiger partial charge on any atom is 0.338 e. The standard InChI is InChI=1S/C31H27NO9S/c1-37-31(36)22-18-42-27(32-22)26-25(41-30(35)21-15-9-4-10-16-21)24(40-29(34)20-13-7-3-8-14-20)23(39-26)17-38-28(33)19-11-5-2-6-12-19/h2-16,22-26H,17-18H2,1H3/t22?,23-,24-,25-,26-/m1/s1. The summed E-state index contributed by atoms with van der Waals surface area (Å²) in [6.45, 7) is -0.311. The number of hydrogen-bond acceptors (Lipinski definition) is 11. The van der Waals surface area contributed by atoms with Crippen LogP contribution in [0.3, 0.4) is 0 Å². The molecule has 1 saturated heterocycles. The Labute approximate surface area is 246 Å². The van der Waals surface area contributed by atoms with Crippen molar-refractivity contribution in [3.63, 3.8) is 0 Å². The van der Waals surface area contributed by atoms with Crippen LogP contribution in [0.5, 0.6) is 0 Å². The first-order valence-corrected chi connectivity index (χ1v) is 14.1. The SMILES string of the molecule is COC(=O)C1CSC([C@@H]2O[C@H](COC(=O)c3ccccc3)[C@@H](OC(=O)c3ccccc3)[C@H]2OC(=O)c2ccccc2)=N1. The molecule has 3 aromatic rings. The van der Waals surface area contributed by atoms with E-state index in [2.05, 4.69) is 4.99 Å². The number of ether oxygens (including phenoxy) is 5. The molecule has 2 heterocycles. The number of aliphatic imine (C=N–C) groups is 1. The molecule has 0 spiro atoms. The Morgan fingerprint density at radius 1 is 0.762 bits per heavy atom. The van der Waals surface area contributed by atoms with E-state index >= 15 is 0 Å². The number of nitrogens with zero attached hydrogens (tertiary/aromatic N) is 1. The van der Waals surface area contributed by atoms with Crippen LogP contribution in [0.15, 0.2) is 96.0 Å². The zero-order valence-electron chi connectivity index (χ0n) is 22.5. The second-order valence-corrected chi connectivity index (χ2v) is 10.4. The summed E-state index contributed by atoms with van der Waals surface area (Å²) in [5, 5.41) is 0.369. The number of carbonyl (C=O) groups is 4. The van der Waals surface area contributed by atoms with E-state index in [4.69, 9.17) is 23.7 Å². The predicted molar refractivity (Wildman–Crippen MR) is 152 cm³/mol. The lowest BCUT2D eigenvalue weighted by atomic mass is 10.1. The Morgan fingerprint density at radius 2 is 1.26 bits per heavy atom. The van der Waals surface area contributed by atoms with E-state index in [-0.39, 0.29) is 17.7 Å². The maximum absolute atomic E-state index is 13.2. The molecule has 5 atom stereocenters. The van der Waals surface area contributed by atoms with E-state index < -0.39 is 54.3 Å². The van der Waals surface area contributed by atoms with Gasteiger partial charge in [0.05, 0.1) is 23.8 Å². The molecule has 0 aliphatic carbocycles. The van der Waals surface area contributed by atoms with E-state index in [1.165, 1.54) is 18.9 Å². The highest BCUT2D eigenvalue weighted by atomic mass is 32.2. The van der Waals surface area contributed by atoms with Crippen molar-refractivity contribution < 1.29 is 42.9 Å². The summed E-state index contributed by atoms with van der Waals surface area (Å²) in [5.74, 6) is -2.19. The summed E-state index contributed by atoms with van der Waals surface area (Å²) in [6.07, 6.45) is -4.39. The van der Waals surface area contributed by atoms with E-state index in [1.54, 1.807) is 91.0 Å². The zero-order valence-corrected chi connectivity index (χ0v) is 23.3. The fraction of sp³-hybridized carbons (Fsp3) is 0.258. The fourth-order valence-corrected chi connectivity index (χ4v) is 5.58. The Kier molecular flexibility index (Phi) is 9.30. The number of thioether (sulfide) groups is 1. The van der Waals surface area contributed by atoms with Crippen LogP contribution in [-0.2, 0) is 28.5 Å². The lowest BCUT2D eigenvalue weighted by molar-refractivity contribution is -0.141. The van der Waals surface area contributed by atoms with E-state index in [1.807, 2.05) is 0 Å². The van der Waals surface area contributed by atoms with E-state index in [0.29, 0.717) is 16.4 Å². The van der Waals surface area contributed by atoms with Crippen LogP contribution in [-0.4, -0.2) is 78.8 Å². The average molecular weight is 590 g/mol.